The summed E-state index contributed by atoms with van der Waals surface area (Å²) in [5.41, 5.74) is 1.86. The highest BCUT2D eigenvalue weighted by molar-refractivity contribution is 5.45. The molecule has 1 aromatic heterocycles. The zero-order valence-corrected chi connectivity index (χ0v) is 10.0. The Morgan fingerprint density at radius 3 is 2.59 bits per heavy atom. The van der Waals surface area contributed by atoms with Gasteiger partial charge in [-0.15, -0.1) is 0 Å². The molecule has 2 fully saturated rings. The van der Waals surface area contributed by atoms with Crippen LogP contribution in [0.5, 0.6) is 0 Å². The largest absolute Gasteiger partial charge is 0.387 e. The Balaban J connectivity index is 1.75. The van der Waals surface area contributed by atoms with Crippen molar-refractivity contribution in [2.24, 2.45) is 0 Å². The van der Waals surface area contributed by atoms with Crippen molar-refractivity contribution in [3.05, 3.63) is 24.0 Å². The summed E-state index contributed by atoms with van der Waals surface area (Å²) in [5.74, 6) is 0. The van der Waals surface area contributed by atoms with Gasteiger partial charge in [0.1, 0.15) is 0 Å². The Morgan fingerprint density at radius 1 is 1.35 bits per heavy atom. The molecule has 1 aromatic rings. The van der Waals surface area contributed by atoms with Gasteiger partial charge in [-0.1, -0.05) is 0 Å². The summed E-state index contributed by atoms with van der Waals surface area (Å²) in [6, 6.07) is 3.94. The molecule has 0 saturated carbocycles. The predicted octanol–water partition coefficient (Wildman–Crippen LogP) is 1.50. The average Bonchev–Trinajstić information content (AvgIpc) is 2.68. The van der Waals surface area contributed by atoms with Crippen molar-refractivity contribution < 1.29 is 9.84 Å². The van der Waals surface area contributed by atoms with Crippen molar-refractivity contribution in [1.82, 2.24) is 4.98 Å². The number of aliphatic hydroxyl groups excluding tert-OH is 1. The SMILES string of the molecule is CC(O)c1ccc(N2CC3CCC(C2)O3)cn1. The first-order valence-corrected chi connectivity index (χ1v) is 6.27. The summed E-state index contributed by atoms with van der Waals surface area (Å²) in [6.07, 6.45) is 4.51. The highest BCUT2D eigenvalue weighted by Crippen LogP contribution is 2.29. The van der Waals surface area contributed by atoms with Crippen LogP contribution in [0.15, 0.2) is 18.3 Å². The van der Waals surface area contributed by atoms with E-state index in [4.69, 9.17) is 4.74 Å². The molecule has 2 saturated heterocycles. The number of aromatic nitrogens is 1. The van der Waals surface area contributed by atoms with Gasteiger partial charge in [-0.25, -0.2) is 0 Å². The fourth-order valence-corrected chi connectivity index (χ4v) is 2.66. The molecule has 92 valence electrons. The Bertz CT molecular complexity index is 379. The molecule has 3 rings (SSSR count). The molecule has 4 nitrogen and oxygen atoms in total. The highest BCUT2D eigenvalue weighted by Gasteiger charge is 2.33. The molecule has 3 heterocycles. The van der Waals surface area contributed by atoms with E-state index in [0.717, 1.165) is 24.5 Å². The van der Waals surface area contributed by atoms with Crippen molar-refractivity contribution in [2.45, 2.75) is 38.1 Å². The van der Waals surface area contributed by atoms with E-state index in [-0.39, 0.29) is 0 Å². The molecule has 0 amide bonds. The van der Waals surface area contributed by atoms with Crippen molar-refractivity contribution in [3.8, 4) is 0 Å². The molecule has 1 N–H and O–H groups in total. The lowest BCUT2D eigenvalue weighted by atomic mass is 10.2. The lowest BCUT2D eigenvalue weighted by Crippen LogP contribution is -2.42. The van der Waals surface area contributed by atoms with Crippen LogP contribution in [0.3, 0.4) is 0 Å². The molecule has 3 atom stereocenters. The maximum Gasteiger partial charge on any atom is 0.0931 e. The average molecular weight is 234 g/mol. The van der Waals surface area contributed by atoms with E-state index in [0.29, 0.717) is 12.2 Å². The standard InChI is InChI=1S/C13H18N2O2/c1-9(16)13-5-2-10(6-14-13)15-7-11-3-4-12(8-15)17-11/h2,5-6,9,11-12,16H,3-4,7-8H2,1H3. The topological polar surface area (TPSA) is 45.6 Å². The summed E-state index contributed by atoms with van der Waals surface area (Å²) in [7, 11) is 0. The fraction of sp³-hybridized carbons (Fsp3) is 0.615. The van der Waals surface area contributed by atoms with Crippen LogP contribution in [-0.4, -0.2) is 35.4 Å². The van der Waals surface area contributed by atoms with Crippen LogP contribution in [-0.2, 0) is 4.74 Å². The Morgan fingerprint density at radius 2 is 2.06 bits per heavy atom. The van der Waals surface area contributed by atoms with Gasteiger partial charge in [0, 0.05) is 13.1 Å². The van der Waals surface area contributed by atoms with E-state index < -0.39 is 6.10 Å². The van der Waals surface area contributed by atoms with E-state index in [2.05, 4.69) is 9.88 Å². The minimum Gasteiger partial charge on any atom is -0.387 e. The maximum atomic E-state index is 9.42. The molecule has 0 aliphatic carbocycles. The summed E-state index contributed by atoms with van der Waals surface area (Å²) in [4.78, 5) is 6.63. The number of hydrogen-bond acceptors (Lipinski definition) is 4. The van der Waals surface area contributed by atoms with E-state index in [1.807, 2.05) is 18.3 Å². The molecule has 3 unspecified atom stereocenters. The van der Waals surface area contributed by atoms with E-state index in [9.17, 15) is 5.11 Å². The summed E-state index contributed by atoms with van der Waals surface area (Å²) in [6.45, 7) is 3.66. The number of fused-ring (bicyclic) bond motifs is 2. The number of nitrogens with zero attached hydrogens (tertiary/aromatic N) is 2. The molecular formula is C13H18N2O2. The summed E-state index contributed by atoms with van der Waals surface area (Å²) >= 11 is 0. The quantitative estimate of drug-likeness (QED) is 0.842. The van der Waals surface area contributed by atoms with Crippen LogP contribution in [0.4, 0.5) is 5.69 Å². The molecule has 2 bridgehead atoms. The molecular weight excluding hydrogens is 216 g/mol. The lowest BCUT2D eigenvalue weighted by molar-refractivity contribution is 0.0304. The second-order valence-electron chi connectivity index (χ2n) is 4.98. The van der Waals surface area contributed by atoms with Crippen LogP contribution in [0.2, 0.25) is 0 Å². The molecule has 2 aliphatic rings. The normalized spacial score (nSPS) is 29.4. The Kier molecular flexibility index (Phi) is 2.76. The van der Waals surface area contributed by atoms with Gasteiger partial charge in [0.2, 0.25) is 0 Å². The third kappa shape index (κ3) is 2.15. The Labute approximate surface area is 101 Å². The number of pyridine rings is 1. The van der Waals surface area contributed by atoms with Crippen molar-refractivity contribution in [3.63, 3.8) is 0 Å². The van der Waals surface area contributed by atoms with Gasteiger partial charge in [0.25, 0.3) is 0 Å². The molecule has 4 heteroatoms. The van der Waals surface area contributed by atoms with E-state index >= 15 is 0 Å². The van der Waals surface area contributed by atoms with Gasteiger partial charge >= 0.3 is 0 Å². The first kappa shape index (κ1) is 11.0. The molecule has 17 heavy (non-hydrogen) atoms. The van der Waals surface area contributed by atoms with Gasteiger partial charge in [0.05, 0.1) is 35.9 Å². The highest BCUT2D eigenvalue weighted by atomic mass is 16.5. The number of ether oxygens (including phenoxy) is 1. The van der Waals surface area contributed by atoms with Gasteiger partial charge in [-0.3, -0.25) is 4.98 Å². The minimum absolute atomic E-state index is 0.394. The number of anilines is 1. The van der Waals surface area contributed by atoms with Crippen LogP contribution >= 0.6 is 0 Å². The zero-order valence-electron chi connectivity index (χ0n) is 10.0. The molecule has 0 aromatic carbocycles. The predicted molar refractivity (Wildman–Crippen MR) is 65.0 cm³/mol. The minimum atomic E-state index is -0.495. The van der Waals surface area contributed by atoms with Gasteiger partial charge in [0.15, 0.2) is 0 Å². The van der Waals surface area contributed by atoms with Crippen molar-refractivity contribution >= 4 is 5.69 Å². The van der Waals surface area contributed by atoms with Crippen LogP contribution in [0.1, 0.15) is 31.6 Å². The lowest BCUT2D eigenvalue weighted by Gasteiger charge is -2.33. The van der Waals surface area contributed by atoms with Crippen LogP contribution in [0, 0.1) is 0 Å². The van der Waals surface area contributed by atoms with E-state index in [1.54, 1.807) is 6.92 Å². The molecule has 2 aliphatic heterocycles. The van der Waals surface area contributed by atoms with Gasteiger partial charge < -0.3 is 14.7 Å². The van der Waals surface area contributed by atoms with Gasteiger partial charge in [-0.05, 0) is 31.9 Å². The fourth-order valence-electron chi connectivity index (χ4n) is 2.66. The smallest absolute Gasteiger partial charge is 0.0931 e. The first-order valence-electron chi connectivity index (χ1n) is 6.27. The maximum absolute atomic E-state index is 9.42. The third-order valence-corrected chi connectivity index (χ3v) is 3.61. The third-order valence-electron chi connectivity index (χ3n) is 3.61. The van der Waals surface area contributed by atoms with Gasteiger partial charge in [-0.2, -0.15) is 0 Å². The van der Waals surface area contributed by atoms with Crippen molar-refractivity contribution in [1.29, 1.82) is 0 Å². The first-order chi connectivity index (χ1) is 8.22. The number of hydrogen-bond donors (Lipinski definition) is 1. The monoisotopic (exact) mass is 234 g/mol. The summed E-state index contributed by atoms with van der Waals surface area (Å²) in [5, 5.41) is 9.42. The van der Waals surface area contributed by atoms with E-state index in [1.165, 1.54) is 12.8 Å². The second-order valence-corrected chi connectivity index (χ2v) is 4.98. The number of rotatable bonds is 2. The molecule has 0 spiro atoms. The number of morpholine rings is 1. The van der Waals surface area contributed by atoms with Crippen LogP contribution < -0.4 is 4.90 Å². The number of aliphatic hydroxyl groups is 1. The zero-order chi connectivity index (χ0) is 11.8. The summed E-state index contributed by atoms with van der Waals surface area (Å²) < 4.78 is 5.81. The van der Waals surface area contributed by atoms with Crippen LogP contribution in [0.25, 0.3) is 0 Å². The molecule has 0 radical (unpaired) electrons. The Hall–Kier alpha value is -1.13. The van der Waals surface area contributed by atoms with Crippen molar-refractivity contribution in [2.75, 3.05) is 18.0 Å². The second kappa shape index (κ2) is 4.27.